The zero-order valence-electron chi connectivity index (χ0n) is 6.33. The third-order valence-corrected chi connectivity index (χ3v) is 1.55. The number of carbonyl (C=O) groups excluding carboxylic acids is 1. The standard InChI is InChI=1S/C9H7.CO.Mn/c1-2-5-9-7-3-6-8(9)4-1;1-2;/h1-7H;;/q-1;;. The first kappa shape index (κ1) is 9.02. The molecular weight excluding hydrogens is 191 g/mol. The summed E-state index contributed by atoms with van der Waals surface area (Å²) in [6, 6.07) is 14.7. The van der Waals surface area contributed by atoms with E-state index < -0.39 is 0 Å². The summed E-state index contributed by atoms with van der Waals surface area (Å²) in [6.45, 7) is 0. The Bertz CT molecular complexity index is 353. The Balaban J connectivity index is 0.000000213. The fourth-order valence-corrected chi connectivity index (χ4v) is 1.07. The van der Waals surface area contributed by atoms with Gasteiger partial charge in [0, 0.05) is 0 Å². The van der Waals surface area contributed by atoms with Gasteiger partial charge in [0.25, 0.3) is 0 Å². The topological polar surface area (TPSA) is 17.1 Å². The minimum absolute atomic E-state index is 1.31. The second-order valence-electron chi connectivity index (χ2n) is 2.23. The van der Waals surface area contributed by atoms with Crippen LogP contribution in [0.15, 0.2) is 42.5 Å². The minimum Gasteiger partial charge on any atom is -0.168 e. The summed E-state index contributed by atoms with van der Waals surface area (Å²) < 4.78 is 0. The van der Waals surface area contributed by atoms with Crippen molar-refractivity contribution in [2.75, 3.05) is 0 Å². The van der Waals surface area contributed by atoms with Crippen molar-refractivity contribution in [2.45, 2.75) is 0 Å². The Kier molecular flexibility index (Phi) is 3.56. The summed E-state index contributed by atoms with van der Waals surface area (Å²) in [4.78, 5) is 9.91. The summed E-state index contributed by atoms with van der Waals surface area (Å²) in [7, 11) is 0. The average molecular weight is 198 g/mol. The fourth-order valence-electron chi connectivity index (χ4n) is 1.07. The Hall–Kier alpha value is -1.07. The molecule has 1 nitrogen and oxygen atoms in total. The van der Waals surface area contributed by atoms with Gasteiger partial charge >= 0.3 is 25.2 Å². The van der Waals surface area contributed by atoms with Crippen LogP contribution in [0.2, 0.25) is 0 Å². The van der Waals surface area contributed by atoms with Gasteiger partial charge in [0.1, 0.15) is 0 Å². The van der Waals surface area contributed by atoms with Crippen molar-refractivity contribution in [2.24, 2.45) is 0 Å². The third kappa shape index (κ3) is 2.21. The van der Waals surface area contributed by atoms with E-state index in [1.54, 1.807) is 0 Å². The van der Waals surface area contributed by atoms with E-state index in [9.17, 15) is 0 Å². The summed E-state index contributed by atoms with van der Waals surface area (Å²) >= 11 is 2.34. The Morgan fingerprint density at radius 1 is 1.25 bits per heavy atom. The van der Waals surface area contributed by atoms with Crippen LogP contribution in [-0.4, -0.2) is 4.79 Å². The molecule has 0 amide bonds. The molecule has 0 bridgehead atoms. The molecule has 0 aliphatic heterocycles. The molecule has 0 radical (unpaired) electrons. The van der Waals surface area contributed by atoms with Crippen LogP contribution in [0.1, 0.15) is 0 Å². The van der Waals surface area contributed by atoms with Gasteiger partial charge in [-0.15, -0.1) is 29.7 Å². The molecule has 0 aliphatic carbocycles. The van der Waals surface area contributed by atoms with Crippen molar-refractivity contribution in [3.63, 3.8) is 0 Å². The second kappa shape index (κ2) is 4.74. The normalized spacial score (nSPS) is 8.33. The number of rotatable bonds is 0. The van der Waals surface area contributed by atoms with E-state index in [-0.39, 0.29) is 0 Å². The molecule has 0 saturated heterocycles. The molecule has 0 N–H and O–H groups in total. The molecule has 12 heavy (non-hydrogen) atoms. The minimum atomic E-state index is 1.31. The summed E-state index contributed by atoms with van der Waals surface area (Å²) in [6.07, 6.45) is 0. The summed E-state index contributed by atoms with van der Waals surface area (Å²) in [5.41, 5.74) is 0. The summed E-state index contributed by atoms with van der Waals surface area (Å²) in [5, 5.41) is 2.66. The fraction of sp³-hybridized carbons (Fsp3) is 0. The van der Waals surface area contributed by atoms with Gasteiger partial charge in [-0.25, -0.2) is 0 Å². The molecule has 0 aromatic heterocycles. The first-order valence-electron chi connectivity index (χ1n) is 3.46. The molecular formula is C10H7MnO-. The van der Waals surface area contributed by atoms with Crippen molar-refractivity contribution < 1.29 is 20.4 Å². The zero-order valence-corrected chi connectivity index (χ0v) is 7.51. The van der Waals surface area contributed by atoms with Gasteiger partial charge in [0.15, 0.2) is 0 Å². The zero-order chi connectivity index (χ0) is 8.81. The summed E-state index contributed by atoms with van der Waals surface area (Å²) in [5.74, 6) is 0. The van der Waals surface area contributed by atoms with Crippen LogP contribution in [0.4, 0.5) is 0 Å². The van der Waals surface area contributed by atoms with E-state index in [2.05, 4.69) is 58.0 Å². The largest absolute Gasteiger partial charge is 0.168 e. The maximum absolute atomic E-state index is 8.60. The van der Waals surface area contributed by atoms with Crippen molar-refractivity contribution in [3.8, 4) is 0 Å². The molecule has 0 unspecified atom stereocenters. The quantitative estimate of drug-likeness (QED) is 0.468. The molecule has 0 aliphatic rings. The monoisotopic (exact) mass is 198 g/mol. The van der Waals surface area contributed by atoms with Crippen LogP contribution in [0, 0.1) is 0 Å². The second-order valence-corrected chi connectivity index (χ2v) is 2.47. The smallest absolute Gasteiger partial charge is 0.0809 e. The number of benzene rings is 1. The maximum atomic E-state index is 8.60. The van der Waals surface area contributed by atoms with Crippen LogP contribution in [0.25, 0.3) is 10.8 Å². The van der Waals surface area contributed by atoms with E-state index in [1.807, 2.05) is 0 Å². The SMILES string of the molecule is O=[C]=[Mn].c1ccc2[cH-]ccc2c1. The van der Waals surface area contributed by atoms with Crippen LogP contribution < -0.4 is 0 Å². The van der Waals surface area contributed by atoms with Crippen LogP contribution in [0.5, 0.6) is 0 Å². The molecule has 0 heterocycles. The van der Waals surface area contributed by atoms with E-state index in [0.717, 1.165) is 0 Å². The predicted molar refractivity (Wildman–Crippen MR) is 45.2 cm³/mol. The van der Waals surface area contributed by atoms with Crippen molar-refractivity contribution in [1.29, 1.82) is 0 Å². The van der Waals surface area contributed by atoms with Crippen molar-refractivity contribution in [1.82, 2.24) is 0 Å². The van der Waals surface area contributed by atoms with Gasteiger partial charge in [0.2, 0.25) is 0 Å². The van der Waals surface area contributed by atoms with E-state index in [1.165, 1.54) is 15.6 Å². The molecule has 0 fully saturated rings. The van der Waals surface area contributed by atoms with Gasteiger partial charge < -0.3 is 0 Å². The van der Waals surface area contributed by atoms with Gasteiger partial charge in [-0.2, -0.15) is 17.5 Å². The first-order chi connectivity index (χ1) is 5.88. The molecule has 2 rings (SSSR count). The van der Waals surface area contributed by atoms with Crippen molar-refractivity contribution >= 4 is 15.6 Å². The van der Waals surface area contributed by atoms with Gasteiger partial charge in [-0.1, -0.05) is 6.07 Å². The number of hydrogen-bond acceptors (Lipinski definition) is 1. The van der Waals surface area contributed by atoms with Crippen molar-refractivity contribution in [3.05, 3.63) is 42.5 Å². The van der Waals surface area contributed by atoms with E-state index in [4.69, 9.17) is 4.79 Å². The Labute approximate surface area is 78.7 Å². The van der Waals surface area contributed by atoms with Crippen LogP contribution in [-0.2, 0) is 20.4 Å². The average Bonchev–Trinajstić information content (AvgIpc) is 2.52. The van der Waals surface area contributed by atoms with Gasteiger partial charge in [-0.05, 0) is 0 Å². The van der Waals surface area contributed by atoms with Crippen LogP contribution >= 0.6 is 0 Å². The Morgan fingerprint density at radius 3 is 2.58 bits per heavy atom. The maximum Gasteiger partial charge on any atom is -0.0809 e. The van der Waals surface area contributed by atoms with E-state index in [0.29, 0.717) is 0 Å². The predicted octanol–water partition coefficient (Wildman–Crippen LogP) is 2.16. The molecule has 0 spiro atoms. The third-order valence-electron chi connectivity index (χ3n) is 1.55. The molecule has 2 aromatic rings. The molecule has 2 heteroatoms. The Morgan fingerprint density at radius 2 is 1.92 bits per heavy atom. The molecule has 0 atom stereocenters. The molecule has 61 valence electrons. The molecule has 2 aromatic carbocycles. The number of fused-ring (bicyclic) bond motifs is 1. The van der Waals surface area contributed by atoms with E-state index >= 15 is 0 Å². The van der Waals surface area contributed by atoms with Crippen LogP contribution in [0.3, 0.4) is 0 Å². The number of hydrogen-bond donors (Lipinski definition) is 0. The van der Waals surface area contributed by atoms with Gasteiger partial charge in [-0.3, -0.25) is 0 Å². The molecule has 0 saturated carbocycles. The van der Waals surface area contributed by atoms with Gasteiger partial charge in [0.05, 0.1) is 0 Å². The first-order valence-corrected chi connectivity index (χ1v) is 4.05.